The van der Waals surface area contributed by atoms with Crippen molar-refractivity contribution in [3.63, 3.8) is 0 Å². The topological polar surface area (TPSA) is 605 Å². The number of para-hydroxylation sites is 2. The standard InChI is InChI=1S/C87H122N20O21S/c1-10-12-23-66-80(121)96-59(33-47(3)4)77(118)101-65(76(117)93-41-72(90)113)45-129-46-74(115)95-61(34-49-26-28-52(109)29-27-49)82(123)103(7)48(5)75(116)98-63(38-71(89)112)85(126)106-32-18-25-68(106)86(127)102(6)43-73(114)94-58(30-31-70(88)111)84(125)107-42-53(110)37-69(107)81(122)97-60(35-50-39-91-56-21-16-14-19-54(50)56)78(119)100-64(44-108)79(120)99-62(36-51-40-92-57-22-17-15-20-55(51)57)83(124)105(9)67(24-13-11-2)87(128)104(66)8/h14-17,19-22,26-29,39-40,47-48,53,58-69,91-92,108-110H,10-13,18,23-25,30-38,41-46H2,1-9H3,(H2,88,111)(H2,89,112)(H2,90,113)(H,93,117)(H,94,114)(H,95,115)(H,96,121)(H,97,122)(H,98,116)(H,99,120)(H,100,119)(H,101,118)/t48-,53+,58-,59-,60-,61-,62-,63+,64-,65-,66-,67-,68-,69-/m0/s1. The molecule has 3 aromatic carbocycles. The summed E-state index contributed by atoms with van der Waals surface area (Å²) in [5, 5.41) is 57.3. The minimum absolute atomic E-state index is 0.00451. The maximum Gasteiger partial charge on any atom is 0.246 e. The van der Waals surface area contributed by atoms with Crippen molar-refractivity contribution in [2.75, 3.05) is 72.5 Å². The van der Waals surface area contributed by atoms with Crippen molar-refractivity contribution in [2.45, 2.75) is 222 Å². The number of fused-ring (bicyclic) bond motifs is 4. The maximum atomic E-state index is 15.7. The Balaban J connectivity index is 1.17. The SMILES string of the molecule is CCCC[C@H]1C(=O)N(C)[C@@H](CCCC)C(=O)N[C@@H](CC(C)C)C(=O)N[C@H](C(=O)NCC(N)=O)CSCC(=O)N[C@@H](Cc2ccc(O)cc2)C(=O)N(C)[C@@H](C)C(=O)N[C@H](CC(N)=O)C(=O)N2CCC[C@H]2C(=O)N(C)CC(=O)N[C@@H](CCC(N)=O)C(=O)N2C[C@H](O)C[C@H]2C(=O)N[C@@H](Cc2c[nH]c3ccccc23)C(=O)N[C@@H](CO)C(=O)N[C@@H](Cc2c[nH]c3ccccc23)C(=O)N1C. The number of aromatic nitrogens is 2. The molecule has 8 rings (SSSR count). The number of hydrogen-bond acceptors (Lipinski definition) is 22. The summed E-state index contributed by atoms with van der Waals surface area (Å²) in [6.07, 6.45) is 0.525. The lowest BCUT2D eigenvalue weighted by Gasteiger charge is -2.36. The number of likely N-dealkylation sites (N-methyl/N-ethyl adjacent to an activating group) is 4. The van der Waals surface area contributed by atoms with Crippen LogP contribution in [-0.4, -0.2) is 318 Å². The predicted molar refractivity (Wildman–Crippen MR) is 472 cm³/mol. The minimum atomic E-state index is -1.90. The number of primary amides is 3. The first-order valence-electron chi connectivity index (χ1n) is 43.2. The lowest BCUT2D eigenvalue weighted by atomic mass is 9.99. The van der Waals surface area contributed by atoms with Gasteiger partial charge in [0.25, 0.3) is 0 Å². The molecule has 0 saturated carbocycles. The molecule has 5 heterocycles. The molecule has 702 valence electrons. The molecule has 0 radical (unpaired) electrons. The van der Waals surface area contributed by atoms with Crippen LogP contribution in [0, 0.1) is 5.92 Å². The van der Waals surface area contributed by atoms with Crippen LogP contribution < -0.4 is 65.1 Å². The van der Waals surface area contributed by atoms with E-state index in [1.807, 2.05) is 13.8 Å². The van der Waals surface area contributed by atoms with Gasteiger partial charge in [0.1, 0.15) is 84.3 Å². The van der Waals surface area contributed by atoms with E-state index in [0.29, 0.717) is 64.2 Å². The third-order valence-corrected chi connectivity index (χ3v) is 24.2. The smallest absolute Gasteiger partial charge is 0.246 e. The van der Waals surface area contributed by atoms with Crippen LogP contribution in [0.4, 0.5) is 0 Å². The van der Waals surface area contributed by atoms with Crippen LogP contribution in [0.5, 0.6) is 5.75 Å². The number of H-pyrrole nitrogens is 2. The Hall–Kier alpha value is -12.7. The number of rotatable bonds is 23. The summed E-state index contributed by atoms with van der Waals surface area (Å²) in [4.78, 5) is 272. The third kappa shape index (κ3) is 28.1. The molecule has 20 N–H and O–H groups in total. The predicted octanol–water partition coefficient (Wildman–Crippen LogP) is -2.92. The molecule has 3 aliphatic rings. The number of carbonyl (C=O) groups excluding carboxylic acids is 18. The van der Waals surface area contributed by atoms with Crippen molar-refractivity contribution in [1.82, 2.24) is 87.2 Å². The minimum Gasteiger partial charge on any atom is -0.508 e. The van der Waals surface area contributed by atoms with Gasteiger partial charge in [-0.25, -0.2) is 0 Å². The Morgan fingerprint density at radius 2 is 1.07 bits per heavy atom. The number of aromatic hydroxyl groups is 1. The van der Waals surface area contributed by atoms with E-state index in [4.69, 9.17) is 17.2 Å². The number of thioether (sulfide) groups is 1. The molecule has 5 aromatic rings. The van der Waals surface area contributed by atoms with Crippen LogP contribution in [0.3, 0.4) is 0 Å². The van der Waals surface area contributed by atoms with E-state index in [1.54, 1.807) is 74.8 Å². The van der Waals surface area contributed by atoms with Gasteiger partial charge >= 0.3 is 0 Å². The zero-order valence-electron chi connectivity index (χ0n) is 74.0. The highest BCUT2D eigenvalue weighted by atomic mass is 32.2. The van der Waals surface area contributed by atoms with Gasteiger partial charge < -0.3 is 120 Å². The summed E-state index contributed by atoms with van der Waals surface area (Å²) in [5.41, 5.74) is 19.3. The fourth-order valence-corrected chi connectivity index (χ4v) is 16.8. The van der Waals surface area contributed by atoms with E-state index in [2.05, 4.69) is 57.8 Å². The van der Waals surface area contributed by atoms with Crippen molar-refractivity contribution < 1.29 is 102 Å². The van der Waals surface area contributed by atoms with E-state index in [-0.39, 0.29) is 69.6 Å². The average molecular weight is 1820 g/mol. The second-order valence-corrected chi connectivity index (χ2v) is 34.4. The molecular weight excluding hydrogens is 1690 g/mol. The molecule has 42 heteroatoms. The number of unbranched alkanes of at least 4 members (excludes halogenated alkanes) is 2. The molecule has 0 spiro atoms. The first-order chi connectivity index (χ1) is 61.2. The Labute approximate surface area is 750 Å². The number of benzene rings is 3. The van der Waals surface area contributed by atoms with Crippen molar-refractivity contribution in [3.8, 4) is 5.75 Å². The number of nitrogens with zero attached hydrogens (tertiary/aromatic N) is 6. The molecule has 0 aliphatic carbocycles. The summed E-state index contributed by atoms with van der Waals surface area (Å²) in [6, 6.07) is -0.686. The number of aliphatic hydroxyl groups excluding tert-OH is 2. The fourth-order valence-electron chi connectivity index (χ4n) is 16.0. The summed E-state index contributed by atoms with van der Waals surface area (Å²) in [6.45, 7) is 5.20. The Morgan fingerprint density at radius 1 is 0.535 bits per heavy atom. The molecule has 41 nitrogen and oxygen atoms in total. The normalized spacial score (nSPS) is 24.9. The molecule has 129 heavy (non-hydrogen) atoms. The van der Waals surface area contributed by atoms with Gasteiger partial charge in [0.15, 0.2) is 0 Å². The second-order valence-electron chi connectivity index (χ2n) is 33.4. The molecule has 3 saturated heterocycles. The molecule has 3 aliphatic heterocycles. The molecule has 18 amide bonds. The summed E-state index contributed by atoms with van der Waals surface area (Å²) in [7, 11) is 5.13. The summed E-state index contributed by atoms with van der Waals surface area (Å²) >= 11 is 0.789. The van der Waals surface area contributed by atoms with Crippen molar-refractivity contribution in [3.05, 3.63) is 102 Å². The zero-order valence-corrected chi connectivity index (χ0v) is 74.8. The number of nitrogens with two attached hydrogens (primary N) is 3. The number of aromatic amines is 2. The van der Waals surface area contributed by atoms with Gasteiger partial charge in [-0.1, -0.05) is 102 Å². The first kappa shape index (κ1) is 102. The molecule has 3 fully saturated rings. The van der Waals surface area contributed by atoms with Crippen molar-refractivity contribution >= 4 is 140 Å². The number of nitrogens with one attached hydrogen (secondary N) is 11. The van der Waals surface area contributed by atoms with Crippen LogP contribution in [0.2, 0.25) is 0 Å². The van der Waals surface area contributed by atoms with Gasteiger partial charge in [-0.15, -0.1) is 11.8 Å². The summed E-state index contributed by atoms with van der Waals surface area (Å²) in [5.74, 6) is -18.4. The number of hydrogen-bond donors (Lipinski definition) is 17. The van der Waals surface area contributed by atoms with Crippen molar-refractivity contribution in [2.24, 2.45) is 23.1 Å². The quantitative estimate of drug-likeness (QED) is 0.0312. The Morgan fingerprint density at radius 3 is 1.67 bits per heavy atom. The highest BCUT2D eigenvalue weighted by Crippen LogP contribution is 2.28. The van der Waals surface area contributed by atoms with Gasteiger partial charge in [-0.2, -0.15) is 0 Å². The zero-order chi connectivity index (χ0) is 94.8. The Kier molecular flexibility index (Phi) is 37.7. The van der Waals surface area contributed by atoms with Crippen molar-refractivity contribution in [1.29, 1.82) is 0 Å². The first-order valence-corrected chi connectivity index (χ1v) is 44.3. The van der Waals surface area contributed by atoms with Gasteiger partial charge in [0.2, 0.25) is 106 Å². The third-order valence-electron chi connectivity index (χ3n) is 23.2. The number of carbonyl (C=O) groups is 18. The van der Waals surface area contributed by atoms with Crippen LogP contribution in [0.25, 0.3) is 21.8 Å². The van der Waals surface area contributed by atoms with E-state index in [9.17, 15) is 72.9 Å². The van der Waals surface area contributed by atoms with Crippen LogP contribution >= 0.6 is 11.8 Å². The van der Waals surface area contributed by atoms with Crippen LogP contribution in [0.1, 0.15) is 135 Å². The van der Waals surface area contributed by atoms with Gasteiger partial charge in [0.05, 0.1) is 38.0 Å². The van der Waals surface area contributed by atoms with Gasteiger partial charge in [-0.3, -0.25) is 86.3 Å². The van der Waals surface area contributed by atoms with E-state index in [1.165, 1.54) is 64.3 Å². The van der Waals surface area contributed by atoms with E-state index < -0.39 is 254 Å². The number of amides is 18. The van der Waals surface area contributed by atoms with E-state index in [0.717, 1.165) is 36.3 Å². The number of phenolic OH excluding ortho intramolecular Hbond substituents is 1. The molecule has 0 unspecified atom stereocenters. The number of phenols is 1. The van der Waals surface area contributed by atoms with Crippen LogP contribution in [0.15, 0.2) is 85.2 Å². The average Bonchev–Trinajstić information content (AvgIpc) is 1.72. The second kappa shape index (κ2) is 47.9. The molecule has 2 aromatic heterocycles. The van der Waals surface area contributed by atoms with E-state index >= 15 is 28.8 Å². The van der Waals surface area contributed by atoms with Gasteiger partial charge in [-0.05, 0) is 92.3 Å². The fraction of sp³-hybridized carbons (Fsp3) is 0.540. The summed E-state index contributed by atoms with van der Waals surface area (Å²) < 4.78 is 0. The van der Waals surface area contributed by atoms with Crippen LogP contribution in [-0.2, 0) is 106 Å². The molecule has 0 bridgehead atoms. The monoisotopic (exact) mass is 1810 g/mol. The highest BCUT2D eigenvalue weighted by Gasteiger charge is 2.46. The highest BCUT2D eigenvalue weighted by molar-refractivity contribution is 8.00. The maximum absolute atomic E-state index is 15.7. The largest absolute Gasteiger partial charge is 0.508 e. The molecular formula is C87H122N20O21S. The molecule has 14 atom stereocenters. The lowest BCUT2D eigenvalue weighted by Crippen LogP contribution is -2.61. The Bertz CT molecular complexity index is 4890. The lowest BCUT2D eigenvalue weighted by molar-refractivity contribution is -0.149. The van der Waals surface area contributed by atoms with Gasteiger partial charge in [0, 0.05) is 113 Å². The number of aliphatic hydroxyl groups is 2.